The molecule has 0 spiro atoms. The number of aromatic amines is 1. The number of aryl methyl sites for hydroxylation is 1. The van der Waals surface area contributed by atoms with Gasteiger partial charge in [-0.2, -0.15) is 0 Å². The summed E-state index contributed by atoms with van der Waals surface area (Å²) >= 11 is 11.6. The van der Waals surface area contributed by atoms with Crippen LogP contribution in [0.1, 0.15) is 26.1 Å². The van der Waals surface area contributed by atoms with Gasteiger partial charge in [-0.25, -0.2) is 18.1 Å². The van der Waals surface area contributed by atoms with Crippen LogP contribution in [-0.2, 0) is 16.4 Å². The highest BCUT2D eigenvalue weighted by atomic mass is 35.5. The number of rotatable bonds is 7. The van der Waals surface area contributed by atoms with Crippen LogP contribution in [0.2, 0.25) is 0 Å². The topological polar surface area (TPSA) is 74.8 Å². The normalized spacial score (nSPS) is 12.9. The quantitative estimate of drug-likeness (QED) is 0.755. The lowest BCUT2D eigenvalue weighted by Gasteiger charge is -2.28. The Bertz CT molecular complexity index is 475. The van der Waals surface area contributed by atoms with Crippen molar-refractivity contribution in [1.82, 2.24) is 14.7 Å². The van der Waals surface area contributed by atoms with Gasteiger partial charge in [-0.05, 0) is 6.42 Å². The number of nitrogens with zero attached hydrogens (tertiary/aromatic N) is 1. The van der Waals surface area contributed by atoms with Gasteiger partial charge in [0.2, 0.25) is 0 Å². The minimum Gasteiger partial charge on any atom is -0.332 e. The Morgan fingerprint density at radius 2 is 2.00 bits per heavy atom. The predicted molar refractivity (Wildman–Crippen MR) is 72.7 cm³/mol. The highest BCUT2D eigenvalue weighted by Gasteiger charge is 2.33. The third-order valence-corrected chi connectivity index (χ3v) is 5.28. The molecule has 1 rings (SSSR count). The van der Waals surface area contributed by atoms with Gasteiger partial charge in [-0.1, -0.05) is 13.8 Å². The van der Waals surface area contributed by atoms with Crippen molar-refractivity contribution in [2.24, 2.45) is 0 Å². The lowest BCUT2D eigenvalue weighted by atomic mass is 10.0. The number of halogens is 2. The second-order valence-corrected chi connectivity index (χ2v) is 6.24. The average molecular weight is 314 g/mol. The van der Waals surface area contributed by atoms with E-state index in [4.69, 9.17) is 23.2 Å². The Hall–Kier alpha value is -0.300. The van der Waals surface area contributed by atoms with Crippen molar-refractivity contribution in [2.45, 2.75) is 37.3 Å². The lowest BCUT2D eigenvalue weighted by molar-refractivity contribution is 0.448. The molecule has 0 amide bonds. The standard InChI is InChI=1S/C10H17Cl2N3O2S/c1-3-8-13-5-9(14-8)18(16,17)15-10(4-2,6-11)7-12/h5,15H,3-4,6-7H2,1-2H3,(H,13,14). The molecule has 8 heteroatoms. The zero-order valence-electron chi connectivity index (χ0n) is 10.3. The molecular formula is C10H17Cl2N3O2S. The van der Waals surface area contributed by atoms with Crippen molar-refractivity contribution in [1.29, 1.82) is 0 Å². The maximum absolute atomic E-state index is 12.2. The van der Waals surface area contributed by atoms with Gasteiger partial charge in [0.05, 0.1) is 11.7 Å². The number of H-pyrrole nitrogens is 1. The fourth-order valence-electron chi connectivity index (χ4n) is 1.35. The van der Waals surface area contributed by atoms with Crippen molar-refractivity contribution >= 4 is 33.2 Å². The number of alkyl halides is 2. The average Bonchev–Trinajstić information content (AvgIpc) is 2.85. The molecule has 104 valence electrons. The van der Waals surface area contributed by atoms with Crippen LogP contribution >= 0.6 is 23.2 Å². The highest BCUT2D eigenvalue weighted by Crippen LogP contribution is 2.18. The van der Waals surface area contributed by atoms with Gasteiger partial charge in [0.1, 0.15) is 5.82 Å². The van der Waals surface area contributed by atoms with Crippen molar-refractivity contribution < 1.29 is 8.42 Å². The summed E-state index contributed by atoms with van der Waals surface area (Å²) in [6.07, 6.45) is 2.44. The zero-order chi connectivity index (χ0) is 13.8. The third kappa shape index (κ3) is 3.38. The van der Waals surface area contributed by atoms with Gasteiger partial charge in [-0.15, -0.1) is 23.2 Å². The van der Waals surface area contributed by atoms with Gasteiger partial charge in [0.25, 0.3) is 10.0 Å². The summed E-state index contributed by atoms with van der Waals surface area (Å²) in [5, 5.41) is 0.0346. The second kappa shape index (κ2) is 6.23. The molecule has 0 aliphatic rings. The molecular weight excluding hydrogens is 297 g/mol. The van der Waals surface area contributed by atoms with E-state index < -0.39 is 15.6 Å². The van der Waals surface area contributed by atoms with Crippen LogP contribution < -0.4 is 4.72 Å². The Kier molecular flexibility index (Phi) is 5.46. The van der Waals surface area contributed by atoms with Crippen molar-refractivity contribution in [3.05, 3.63) is 12.0 Å². The maximum atomic E-state index is 12.2. The predicted octanol–water partition coefficient (Wildman–Crippen LogP) is 1.88. The molecule has 18 heavy (non-hydrogen) atoms. The van der Waals surface area contributed by atoms with Gasteiger partial charge in [0, 0.05) is 18.2 Å². The van der Waals surface area contributed by atoms with Crippen LogP contribution in [0.15, 0.2) is 11.2 Å². The van der Waals surface area contributed by atoms with E-state index in [-0.39, 0.29) is 16.8 Å². The zero-order valence-corrected chi connectivity index (χ0v) is 12.7. The molecule has 0 unspecified atom stereocenters. The van der Waals surface area contributed by atoms with Crippen LogP contribution in [0.5, 0.6) is 0 Å². The molecule has 1 heterocycles. The molecule has 0 atom stereocenters. The smallest absolute Gasteiger partial charge is 0.258 e. The number of imidazole rings is 1. The first kappa shape index (κ1) is 15.8. The molecule has 0 saturated carbocycles. The first-order valence-corrected chi connectivity index (χ1v) is 8.18. The Morgan fingerprint density at radius 1 is 1.39 bits per heavy atom. The Labute approximate surface area is 117 Å². The van der Waals surface area contributed by atoms with Crippen LogP contribution in [0.25, 0.3) is 0 Å². The van der Waals surface area contributed by atoms with Crippen LogP contribution in [0, 0.1) is 0 Å². The third-order valence-electron chi connectivity index (χ3n) is 2.77. The minimum atomic E-state index is -3.68. The molecule has 0 saturated heterocycles. The number of nitrogens with one attached hydrogen (secondary N) is 2. The summed E-state index contributed by atoms with van der Waals surface area (Å²) in [5.41, 5.74) is -0.834. The summed E-state index contributed by atoms with van der Waals surface area (Å²) in [6.45, 7) is 3.72. The van der Waals surface area contributed by atoms with Crippen LogP contribution in [0.4, 0.5) is 0 Å². The molecule has 0 aliphatic carbocycles. The molecule has 1 aromatic heterocycles. The van der Waals surface area contributed by atoms with E-state index in [1.165, 1.54) is 6.20 Å². The molecule has 0 aromatic carbocycles. The van der Waals surface area contributed by atoms with E-state index in [9.17, 15) is 8.42 Å². The van der Waals surface area contributed by atoms with E-state index in [2.05, 4.69) is 14.7 Å². The SMILES string of the molecule is CCc1ncc(S(=O)(=O)NC(CC)(CCl)CCl)[nH]1. The Morgan fingerprint density at radius 3 is 2.39 bits per heavy atom. The van der Waals surface area contributed by atoms with E-state index in [1.54, 1.807) is 0 Å². The summed E-state index contributed by atoms with van der Waals surface area (Å²) in [7, 11) is -3.68. The summed E-state index contributed by atoms with van der Waals surface area (Å²) in [5.74, 6) is 0.844. The second-order valence-electron chi connectivity index (χ2n) is 4.05. The minimum absolute atomic E-state index is 0.0346. The first-order chi connectivity index (χ1) is 8.43. The van der Waals surface area contributed by atoms with Crippen LogP contribution in [0.3, 0.4) is 0 Å². The number of hydrogen-bond acceptors (Lipinski definition) is 3. The van der Waals surface area contributed by atoms with E-state index >= 15 is 0 Å². The van der Waals surface area contributed by atoms with Gasteiger partial charge in [-0.3, -0.25) is 0 Å². The van der Waals surface area contributed by atoms with Crippen LogP contribution in [-0.4, -0.2) is 35.7 Å². The van der Waals surface area contributed by atoms with Crippen molar-refractivity contribution in [3.8, 4) is 0 Å². The Balaban J connectivity index is 3.00. The molecule has 0 radical (unpaired) electrons. The molecule has 0 bridgehead atoms. The van der Waals surface area contributed by atoms with Crippen molar-refractivity contribution in [2.75, 3.05) is 11.8 Å². The fraction of sp³-hybridized carbons (Fsp3) is 0.700. The summed E-state index contributed by atoms with van der Waals surface area (Å²) < 4.78 is 26.9. The van der Waals surface area contributed by atoms with E-state index in [0.29, 0.717) is 18.7 Å². The van der Waals surface area contributed by atoms with Gasteiger partial charge < -0.3 is 4.98 Å². The van der Waals surface area contributed by atoms with E-state index in [1.807, 2.05) is 13.8 Å². The largest absolute Gasteiger partial charge is 0.332 e. The molecule has 0 aliphatic heterocycles. The lowest BCUT2D eigenvalue weighted by Crippen LogP contribution is -2.51. The number of hydrogen-bond donors (Lipinski definition) is 2. The number of aromatic nitrogens is 2. The molecule has 1 aromatic rings. The van der Waals surface area contributed by atoms with Crippen molar-refractivity contribution in [3.63, 3.8) is 0 Å². The first-order valence-electron chi connectivity index (χ1n) is 5.63. The number of sulfonamides is 1. The highest BCUT2D eigenvalue weighted by molar-refractivity contribution is 7.89. The maximum Gasteiger partial charge on any atom is 0.258 e. The summed E-state index contributed by atoms with van der Waals surface area (Å²) in [6, 6.07) is 0. The van der Waals surface area contributed by atoms with Gasteiger partial charge >= 0.3 is 0 Å². The van der Waals surface area contributed by atoms with Gasteiger partial charge in [0.15, 0.2) is 5.03 Å². The summed E-state index contributed by atoms with van der Waals surface area (Å²) in [4.78, 5) is 6.72. The monoisotopic (exact) mass is 313 g/mol. The molecule has 0 fully saturated rings. The molecule has 2 N–H and O–H groups in total. The molecule has 5 nitrogen and oxygen atoms in total. The van der Waals surface area contributed by atoms with E-state index in [0.717, 1.165) is 0 Å². The fourth-order valence-corrected chi connectivity index (χ4v) is 3.72.